The van der Waals surface area contributed by atoms with Crippen molar-refractivity contribution in [2.45, 2.75) is 0 Å². The van der Waals surface area contributed by atoms with Gasteiger partial charge in [0.15, 0.2) is 0 Å². The summed E-state index contributed by atoms with van der Waals surface area (Å²) in [5.41, 5.74) is 2.95. The summed E-state index contributed by atoms with van der Waals surface area (Å²) in [6, 6.07) is 15.9. The van der Waals surface area contributed by atoms with Crippen molar-refractivity contribution in [2.75, 3.05) is 0 Å². The van der Waals surface area contributed by atoms with Gasteiger partial charge in [-0.1, -0.05) is 30.3 Å². The molecule has 0 unspecified atom stereocenters. The maximum absolute atomic E-state index is 10.7. The zero-order valence-electron chi connectivity index (χ0n) is 7.98. The Kier molecular flexibility index (Phi) is 3.16. The quantitative estimate of drug-likeness (QED) is 0.610. The molecule has 2 rings (SSSR count). The number of rotatable bonds is 2. The first-order chi connectivity index (χ1) is 7.29. The van der Waals surface area contributed by atoms with Crippen LogP contribution in [0.1, 0.15) is 10.4 Å². The maximum Gasteiger partial charge on any atom is 0.150 e. The molecule has 0 fully saturated rings. The Balaban J connectivity index is 2.53. The fraction of sp³-hybridized carbons (Fsp3) is 0. The number of hydrogen-bond acceptors (Lipinski definition) is 1. The summed E-state index contributed by atoms with van der Waals surface area (Å²) >= 11 is 2.22. The molecule has 0 saturated heterocycles. The summed E-state index contributed by atoms with van der Waals surface area (Å²) in [5.74, 6) is 0. The minimum Gasteiger partial charge on any atom is -0.298 e. The summed E-state index contributed by atoms with van der Waals surface area (Å²) < 4.78 is 1.08. The van der Waals surface area contributed by atoms with E-state index in [4.69, 9.17) is 0 Å². The fourth-order valence-corrected chi connectivity index (χ4v) is 2.17. The highest BCUT2D eigenvalue weighted by atomic mass is 127. The highest BCUT2D eigenvalue weighted by Crippen LogP contribution is 2.22. The standard InChI is InChI=1S/C13H9IO/c14-13-7-10(9-15)6-12(8-13)11-4-2-1-3-5-11/h1-9H. The predicted molar refractivity (Wildman–Crippen MR) is 70.0 cm³/mol. The Labute approximate surface area is 102 Å². The molecule has 0 spiro atoms. The molecule has 74 valence electrons. The molecule has 0 saturated carbocycles. The molecular formula is C13H9IO. The SMILES string of the molecule is O=Cc1cc(I)cc(-c2ccccc2)c1. The minimum atomic E-state index is 0.723. The molecule has 2 aromatic carbocycles. The summed E-state index contributed by atoms with van der Waals surface area (Å²) in [6.07, 6.45) is 0.884. The lowest BCUT2D eigenvalue weighted by atomic mass is 10.0. The van der Waals surface area contributed by atoms with Gasteiger partial charge in [-0.3, -0.25) is 4.79 Å². The van der Waals surface area contributed by atoms with Crippen LogP contribution in [-0.2, 0) is 0 Å². The largest absolute Gasteiger partial charge is 0.298 e. The molecule has 0 aliphatic heterocycles. The van der Waals surface area contributed by atoms with Gasteiger partial charge in [0, 0.05) is 9.13 Å². The second-order valence-corrected chi connectivity index (χ2v) is 4.50. The third-order valence-electron chi connectivity index (χ3n) is 2.16. The third kappa shape index (κ3) is 2.45. The van der Waals surface area contributed by atoms with Crippen LogP contribution in [-0.4, -0.2) is 6.29 Å². The van der Waals surface area contributed by atoms with Crippen molar-refractivity contribution in [1.29, 1.82) is 0 Å². The average Bonchev–Trinajstić information content (AvgIpc) is 2.29. The van der Waals surface area contributed by atoms with Crippen LogP contribution in [0.3, 0.4) is 0 Å². The molecule has 0 amide bonds. The summed E-state index contributed by atoms with van der Waals surface area (Å²) in [5, 5.41) is 0. The van der Waals surface area contributed by atoms with E-state index in [0.717, 1.165) is 26.5 Å². The van der Waals surface area contributed by atoms with E-state index in [0.29, 0.717) is 0 Å². The number of carbonyl (C=O) groups is 1. The number of benzene rings is 2. The van der Waals surface area contributed by atoms with E-state index in [9.17, 15) is 4.79 Å². The van der Waals surface area contributed by atoms with E-state index >= 15 is 0 Å². The fourth-order valence-electron chi connectivity index (χ4n) is 1.48. The lowest BCUT2D eigenvalue weighted by Crippen LogP contribution is -1.85. The molecule has 0 bridgehead atoms. The molecule has 0 aliphatic carbocycles. The van der Waals surface area contributed by atoms with E-state index in [1.54, 1.807) is 0 Å². The lowest BCUT2D eigenvalue weighted by molar-refractivity contribution is 0.112. The van der Waals surface area contributed by atoms with E-state index in [1.807, 2.05) is 42.5 Å². The number of halogens is 1. The molecule has 0 aromatic heterocycles. The van der Waals surface area contributed by atoms with E-state index < -0.39 is 0 Å². The molecule has 2 aromatic rings. The Morgan fingerprint density at radius 2 is 1.67 bits per heavy atom. The van der Waals surface area contributed by atoms with Gasteiger partial charge in [-0.15, -0.1) is 0 Å². The van der Waals surface area contributed by atoms with Crippen molar-refractivity contribution in [1.82, 2.24) is 0 Å². The molecular weight excluding hydrogens is 299 g/mol. The highest BCUT2D eigenvalue weighted by Gasteiger charge is 2.00. The minimum absolute atomic E-state index is 0.723. The van der Waals surface area contributed by atoms with Crippen LogP contribution in [0.5, 0.6) is 0 Å². The number of hydrogen-bond donors (Lipinski definition) is 0. The van der Waals surface area contributed by atoms with Crippen molar-refractivity contribution in [3.05, 3.63) is 57.7 Å². The molecule has 0 atom stereocenters. The first-order valence-corrected chi connectivity index (χ1v) is 5.68. The van der Waals surface area contributed by atoms with Crippen molar-refractivity contribution in [3.8, 4) is 11.1 Å². The van der Waals surface area contributed by atoms with Crippen LogP contribution in [0.2, 0.25) is 0 Å². The molecule has 0 aliphatic rings. The van der Waals surface area contributed by atoms with Crippen LogP contribution in [0.25, 0.3) is 11.1 Å². The Hall–Kier alpha value is -1.16. The average molecular weight is 308 g/mol. The van der Waals surface area contributed by atoms with Crippen LogP contribution in [0, 0.1) is 3.57 Å². The zero-order valence-corrected chi connectivity index (χ0v) is 10.1. The lowest BCUT2D eigenvalue weighted by Gasteiger charge is -2.03. The Morgan fingerprint density at radius 3 is 2.33 bits per heavy atom. The van der Waals surface area contributed by atoms with Crippen molar-refractivity contribution in [3.63, 3.8) is 0 Å². The van der Waals surface area contributed by atoms with E-state index in [-0.39, 0.29) is 0 Å². The molecule has 2 heteroatoms. The van der Waals surface area contributed by atoms with Crippen LogP contribution in [0.15, 0.2) is 48.5 Å². The molecule has 0 heterocycles. The number of carbonyl (C=O) groups excluding carboxylic acids is 1. The molecule has 15 heavy (non-hydrogen) atoms. The van der Waals surface area contributed by atoms with Gasteiger partial charge < -0.3 is 0 Å². The van der Waals surface area contributed by atoms with Gasteiger partial charge in [-0.25, -0.2) is 0 Å². The summed E-state index contributed by atoms with van der Waals surface area (Å²) in [6.45, 7) is 0. The van der Waals surface area contributed by atoms with Gasteiger partial charge in [0.1, 0.15) is 6.29 Å². The van der Waals surface area contributed by atoms with Gasteiger partial charge in [-0.05, 0) is 51.9 Å². The Morgan fingerprint density at radius 1 is 0.933 bits per heavy atom. The zero-order chi connectivity index (χ0) is 10.7. The first kappa shape index (κ1) is 10.4. The van der Waals surface area contributed by atoms with Crippen LogP contribution < -0.4 is 0 Å². The molecule has 0 radical (unpaired) electrons. The van der Waals surface area contributed by atoms with Crippen molar-refractivity contribution >= 4 is 28.9 Å². The van der Waals surface area contributed by atoms with Gasteiger partial charge in [0.2, 0.25) is 0 Å². The topological polar surface area (TPSA) is 17.1 Å². The monoisotopic (exact) mass is 308 g/mol. The van der Waals surface area contributed by atoms with Gasteiger partial charge >= 0.3 is 0 Å². The van der Waals surface area contributed by atoms with E-state index in [1.165, 1.54) is 0 Å². The molecule has 1 nitrogen and oxygen atoms in total. The molecule has 0 N–H and O–H groups in total. The smallest absolute Gasteiger partial charge is 0.150 e. The predicted octanol–water partition coefficient (Wildman–Crippen LogP) is 3.77. The maximum atomic E-state index is 10.7. The van der Waals surface area contributed by atoms with E-state index in [2.05, 4.69) is 28.7 Å². The van der Waals surface area contributed by atoms with Gasteiger partial charge in [-0.2, -0.15) is 0 Å². The van der Waals surface area contributed by atoms with Crippen LogP contribution in [0.4, 0.5) is 0 Å². The normalized spacial score (nSPS) is 9.93. The Bertz CT molecular complexity index is 477. The third-order valence-corrected chi connectivity index (χ3v) is 2.79. The van der Waals surface area contributed by atoms with Gasteiger partial charge in [0.05, 0.1) is 0 Å². The van der Waals surface area contributed by atoms with Gasteiger partial charge in [0.25, 0.3) is 0 Å². The number of aldehydes is 1. The van der Waals surface area contributed by atoms with Crippen LogP contribution >= 0.6 is 22.6 Å². The van der Waals surface area contributed by atoms with Crippen molar-refractivity contribution < 1.29 is 4.79 Å². The second-order valence-electron chi connectivity index (χ2n) is 3.26. The summed E-state index contributed by atoms with van der Waals surface area (Å²) in [4.78, 5) is 10.7. The summed E-state index contributed by atoms with van der Waals surface area (Å²) in [7, 11) is 0. The first-order valence-electron chi connectivity index (χ1n) is 4.61. The van der Waals surface area contributed by atoms with Crippen molar-refractivity contribution in [2.24, 2.45) is 0 Å². The highest BCUT2D eigenvalue weighted by molar-refractivity contribution is 14.1. The second kappa shape index (κ2) is 4.57.